The number of para-hydroxylation sites is 1. The number of carbonyl (C=O) groups is 1. The van der Waals surface area contributed by atoms with E-state index in [4.69, 9.17) is 4.74 Å². The summed E-state index contributed by atoms with van der Waals surface area (Å²) in [5.74, 6) is -0.0255. The molecule has 1 amide bonds. The molecule has 0 spiro atoms. The SMILES string of the molecule is Cc1cccc2cc(C(=O)NC3CCOCC3)[nH]c12. The van der Waals surface area contributed by atoms with Crippen molar-refractivity contribution in [3.05, 3.63) is 35.5 Å². The van der Waals surface area contributed by atoms with E-state index in [0.29, 0.717) is 5.69 Å². The number of nitrogens with one attached hydrogen (secondary N) is 2. The molecule has 4 heteroatoms. The first-order valence-electron chi connectivity index (χ1n) is 6.71. The van der Waals surface area contributed by atoms with Crippen molar-refractivity contribution in [2.45, 2.75) is 25.8 Å². The molecule has 2 N–H and O–H groups in total. The number of amides is 1. The van der Waals surface area contributed by atoms with Gasteiger partial charge in [-0.3, -0.25) is 4.79 Å². The van der Waals surface area contributed by atoms with Crippen molar-refractivity contribution in [2.75, 3.05) is 13.2 Å². The second-order valence-electron chi connectivity index (χ2n) is 5.08. The molecule has 1 aliphatic heterocycles. The summed E-state index contributed by atoms with van der Waals surface area (Å²) >= 11 is 0. The van der Waals surface area contributed by atoms with Crippen molar-refractivity contribution in [3.8, 4) is 0 Å². The highest BCUT2D eigenvalue weighted by Gasteiger charge is 2.18. The Morgan fingerprint density at radius 3 is 2.89 bits per heavy atom. The summed E-state index contributed by atoms with van der Waals surface area (Å²) in [6.07, 6.45) is 1.79. The lowest BCUT2D eigenvalue weighted by atomic mass is 10.1. The smallest absolute Gasteiger partial charge is 0.267 e. The van der Waals surface area contributed by atoms with E-state index < -0.39 is 0 Å². The molecule has 0 bridgehead atoms. The molecule has 0 atom stereocenters. The van der Waals surface area contributed by atoms with Crippen LogP contribution in [-0.4, -0.2) is 30.1 Å². The van der Waals surface area contributed by atoms with Crippen LogP contribution in [0.3, 0.4) is 0 Å². The van der Waals surface area contributed by atoms with Crippen LogP contribution in [-0.2, 0) is 4.74 Å². The molecule has 1 fully saturated rings. The molecule has 0 unspecified atom stereocenters. The molecule has 1 aromatic heterocycles. The van der Waals surface area contributed by atoms with E-state index in [-0.39, 0.29) is 11.9 Å². The third kappa shape index (κ3) is 2.49. The molecule has 1 aromatic carbocycles. The standard InChI is InChI=1S/C15H18N2O2/c1-10-3-2-4-11-9-13(17-14(10)11)15(18)16-12-5-7-19-8-6-12/h2-4,9,12,17H,5-8H2,1H3,(H,16,18). The fourth-order valence-electron chi connectivity index (χ4n) is 2.54. The number of aromatic amines is 1. The Hall–Kier alpha value is -1.81. The average molecular weight is 258 g/mol. The number of hydrogen-bond acceptors (Lipinski definition) is 2. The summed E-state index contributed by atoms with van der Waals surface area (Å²) in [5, 5.41) is 4.15. The van der Waals surface area contributed by atoms with E-state index >= 15 is 0 Å². The third-order valence-corrected chi connectivity index (χ3v) is 3.67. The highest BCUT2D eigenvalue weighted by molar-refractivity contribution is 5.98. The lowest BCUT2D eigenvalue weighted by molar-refractivity contribution is 0.0694. The number of carbonyl (C=O) groups excluding carboxylic acids is 1. The van der Waals surface area contributed by atoms with E-state index in [1.807, 2.05) is 31.2 Å². The maximum atomic E-state index is 12.2. The molecule has 0 aliphatic carbocycles. The van der Waals surface area contributed by atoms with Crippen LogP contribution in [0.15, 0.2) is 24.3 Å². The van der Waals surface area contributed by atoms with Gasteiger partial charge in [0.15, 0.2) is 0 Å². The molecule has 4 nitrogen and oxygen atoms in total. The normalized spacial score (nSPS) is 16.7. The second-order valence-corrected chi connectivity index (χ2v) is 5.08. The van der Waals surface area contributed by atoms with Gasteiger partial charge >= 0.3 is 0 Å². The quantitative estimate of drug-likeness (QED) is 0.869. The molecule has 100 valence electrons. The van der Waals surface area contributed by atoms with Gasteiger partial charge in [-0.25, -0.2) is 0 Å². The Balaban J connectivity index is 1.79. The molecule has 2 heterocycles. The van der Waals surface area contributed by atoms with Gasteiger partial charge in [-0.2, -0.15) is 0 Å². The Morgan fingerprint density at radius 2 is 2.16 bits per heavy atom. The number of benzene rings is 1. The first-order valence-corrected chi connectivity index (χ1v) is 6.71. The van der Waals surface area contributed by atoms with E-state index in [2.05, 4.69) is 10.3 Å². The third-order valence-electron chi connectivity index (χ3n) is 3.67. The van der Waals surface area contributed by atoms with E-state index in [1.165, 1.54) is 0 Å². The van der Waals surface area contributed by atoms with Crippen molar-refractivity contribution >= 4 is 16.8 Å². The number of H-pyrrole nitrogens is 1. The predicted octanol–water partition coefficient (Wildman–Crippen LogP) is 2.39. The summed E-state index contributed by atoms with van der Waals surface area (Å²) < 4.78 is 5.29. The lowest BCUT2D eigenvalue weighted by Gasteiger charge is -2.22. The van der Waals surface area contributed by atoms with Gasteiger partial charge in [-0.15, -0.1) is 0 Å². The van der Waals surface area contributed by atoms with Gasteiger partial charge in [-0.1, -0.05) is 18.2 Å². The van der Waals surface area contributed by atoms with Gasteiger partial charge in [0.1, 0.15) is 5.69 Å². The van der Waals surface area contributed by atoms with Crippen LogP contribution in [0, 0.1) is 6.92 Å². The van der Waals surface area contributed by atoms with Crippen LogP contribution < -0.4 is 5.32 Å². The molecule has 2 aromatic rings. The van der Waals surface area contributed by atoms with E-state index in [9.17, 15) is 4.79 Å². The van der Waals surface area contributed by atoms with Crippen LogP contribution in [0.2, 0.25) is 0 Å². The predicted molar refractivity (Wildman–Crippen MR) is 74.3 cm³/mol. The van der Waals surface area contributed by atoms with Crippen LogP contribution in [0.5, 0.6) is 0 Å². The largest absolute Gasteiger partial charge is 0.381 e. The van der Waals surface area contributed by atoms with Gasteiger partial charge in [0, 0.05) is 30.2 Å². The Kier molecular flexibility index (Phi) is 3.25. The molecule has 0 radical (unpaired) electrons. The van der Waals surface area contributed by atoms with Gasteiger partial charge < -0.3 is 15.0 Å². The minimum Gasteiger partial charge on any atom is -0.381 e. The van der Waals surface area contributed by atoms with Crippen molar-refractivity contribution < 1.29 is 9.53 Å². The molecular weight excluding hydrogens is 240 g/mol. The molecule has 19 heavy (non-hydrogen) atoms. The Bertz CT molecular complexity index is 597. The fourth-order valence-corrected chi connectivity index (χ4v) is 2.54. The average Bonchev–Trinajstić information content (AvgIpc) is 2.85. The zero-order chi connectivity index (χ0) is 13.2. The first-order chi connectivity index (χ1) is 9.24. The number of hydrogen-bond donors (Lipinski definition) is 2. The second kappa shape index (κ2) is 5.05. The number of ether oxygens (including phenoxy) is 1. The topological polar surface area (TPSA) is 54.1 Å². The fraction of sp³-hybridized carbons (Fsp3) is 0.400. The maximum absolute atomic E-state index is 12.2. The molecule has 0 saturated carbocycles. The van der Waals surface area contributed by atoms with Gasteiger partial charge in [-0.05, 0) is 31.4 Å². The summed E-state index contributed by atoms with van der Waals surface area (Å²) in [6, 6.07) is 8.21. The van der Waals surface area contributed by atoms with Crippen molar-refractivity contribution in [2.24, 2.45) is 0 Å². The van der Waals surface area contributed by atoms with Crippen molar-refractivity contribution in [1.82, 2.24) is 10.3 Å². The molecule has 1 saturated heterocycles. The highest BCUT2D eigenvalue weighted by atomic mass is 16.5. The van der Waals surface area contributed by atoms with Crippen LogP contribution >= 0.6 is 0 Å². The van der Waals surface area contributed by atoms with Crippen LogP contribution in [0.25, 0.3) is 10.9 Å². The van der Waals surface area contributed by atoms with E-state index in [0.717, 1.165) is 42.5 Å². The lowest BCUT2D eigenvalue weighted by Crippen LogP contribution is -2.39. The Labute approximate surface area is 112 Å². The number of fused-ring (bicyclic) bond motifs is 1. The summed E-state index contributed by atoms with van der Waals surface area (Å²) in [7, 11) is 0. The highest BCUT2D eigenvalue weighted by Crippen LogP contribution is 2.19. The number of aromatic nitrogens is 1. The minimum absolute atomic E-state index is 0.0255. The first kappa shape index (κ1) is 12.2. The number of rotatable bonds is 2. The number of aryl methyl sites for hydroxylation is 1. The molecular formula is C15H18N2O2. The summed E-state index contributed by atoms with van der Waals surface area (Å²) in [4.78, 5) is 15.4. The zero-order valence-electron chi connectivity index (χ0n) is 11.0. The minimum atomic E-state index is -0.0255. The van der Waals surface area contributed by atoms with Gasteiger partial charge in [0.05, 0.1) is 0 Å². The molecule has 3 rings (SSSR count). The monoisotopic (exact) mass is 258 g/mol. The summed E-state index contributed by atoms with van der Waals surface area (Å²) in [6.45, 7) is 3.51. The van der Waals surface area contributed by atoms with Gasteiger partial charge in [0.25, 0.3) is 5.91 Å². The molecule has 1 aliphatic rings. The zero-order valence-corrected chi connectivity index (χ0v) is 11.0. The Morgan fingerprint density at radius 1 is 1.37 bits per heavy atom. The van der Waals surface area contributed by atoms with Crippen molar-refractivity contribution in [3.63, 3.8) is 0 Å². The van der Waals surface area contributed by atoms with Crippen LogP contribution in [0.1, 0.15) is 28.9 Å². The van der Waals surface area contributed by atoms with Gasteiger partial charge in [0.2, 0.25) is 0 Å². The van der Waals surface area contributed by atoms with E-state index in [1.54, 1.807) is 0 Å². The summed E-state index contributed by atoms with van der Waals surface area (Å²) in [5.41, 5.74) is 2.83. The maximum Gasteiger partial charge on any atom is 0.267 e. The van der Waals surface area contributed by atoms with Crippen LogP contribution in [0.4, 0.5) is 0 Å². The van der Waals surface area contributed by atoms with Crippen molar-refractivity contribution in [1.29, 1.82) is 0 Å².